The van der Waals surface area contributed by atoms with Crippen LogP contribution in [0.3, 0.4) is 0 Å². The van der Waals surface area contributed by atoms with E-state index in [-0.39, 0.29) is 5.41 Å². The van der Waals surface area contributed by atoms with Crippen LogP contribution >= 0.6 is 0 Å². The first kappa shape index (κ1) is 11.7. The molecule has 2 aromatic rings. The van der Waals surface area contributed by atoms with E-state index in [0.29, 0.717) is 17.9 Å². The smallest absolute Gasteiger partial charge is 0.181 e. The summed E-state index contributed by atoms with van der Waals surface area (Å²) in [6, 6.07) is 9.80. The minimum atomic E-state index is 0.134. The van der Waals surface area contributed by atoms with Crippen LogP contribution in [0.15, 0.2) is 30.6 Å². The predicted octanol–water partition coefficient (Wildman–Crippen LogP) is 2.22. The molecule has 0 saturated heterocycles. The molecule has 0 aliphatic heterocycles. The lowest BCUT2D eigenvalue weighted by Gasteiger charge is -2.09. The van der Waals surface area contributed by atoms with Crippen LogP contribution in [-0.4, -0.2) is 14.8 Å². The number of benzene rings is 1. The molecule has 5 nitrogen and oxygen atoms in total. The summed E-state index contributed by atoms with van der Waals surface area (Å²) < 4.78 is 1.84. The molecule has 1 fully saturated rings. The molecule has 1 aromatic carbocycles. The molecule has 0 radical (unpaired) electrons. The van der Waals surface area contributed by atoms with Gasteiger partial charge >= 0.3 is 0 Å². The van der Waals surface area contributed by atoms with Crippen molar-refractivity contribution in [2.45, 2.75) is 25.8 Å². The molecular formula is C14H15N5. The first-order chi connectivity index (χ1) is 9.21. The highest BCUT2D eigenvalue weighted by molar-refractivity contribution is 5.60. The van der Waals surface area contributed by atoms with Gasteiger partial charge in [-0.3, -0.25) is 4.68 Å². The van der Waals surface area contributed by atoms with Crippen LogP contribution in [0.5, 0.6) is 0 Å². The molecule has 3 rings (SSSR count). The number of rotatable bonds is 4. The highest BCUT2D eigenvalue weighted by Gasteiger charge is 2.43. The molecule has 0 amide bonds. The summed E-state index contributed by atoms with van der Waals surface area (Å²) in [6.45, 7) is 0.774. The van der Waals surface area contributed by atoms with Crippen LogP contribution in [0, 0.1) is 16.7 Å². The SMILES string of the molecule is N#CCC1(Cn2cnc(-c3cccc(N)c3)n2)CC1. The molecular weight excluding hydrogens is 238 g/mol. The van der Waals surface area contributed by atoms with Gasteiger partial charge in [0, 0.05) is 29.6 Å². The van der Waals surface area contributed by atoms with Gasteiger partial charge < -0.3 is 5.73 Å². The van der Waals surface area contributed by atoms with E-state index in [9.17, 15) is 0 Å². The molecule has 1 heterocycles. The van der Waals surface area contributed by atoms with Gasteiger partial charge in [0.25, 0.3) is 0 Å². The number of nitriles is 1. The Morgan fingerprint density at radius 3 is 2.95 bits per heavy atom. The zero-order valence-corrected chi connectivity index (χ0v) is 10.6. The van der Waals surface area contributed by atoms with Gasteiger partial charge in [-0.25, -0.2) is 4.98 Å². The van der Waals surface area contributed by atoms with Crippen molar-refractivity contribution in [1.82, 2.24) is 14.8 Å². The molecule has 0 atom stereocenters. The lowest BCUT2D eigenvalue weighted by atomic mass is 10.0. The Morgan fingerprint density at radius 1 is 1.42 bits per heavy atom. The summed E-state index contributed by atoms with van der Waals surface area (Å²) in [5, 5.41) is 13.3. The van der Waals surface area contributed by atoms with Crippen molar-refractivity contribution < 1.29 is 0 Å². The second kappa shape index (κ2) is 4.39. The average molecular weight is 253 g/mol. The molecule has 0 spiro atoms. The number of aromatic nitrogens is 3. The topological polar surface area (TPSA) is 80.5 Å². The fourth-order valence-corrected chi connectivity index (χ4v) is 2.26. The van der Waals surface area contributed by atoms with Gasteiger partial charge in [0.1, 0.15) is 6.33 Å². The Kier molecular flexibility index (Phi) is 2.71. The van der Waals surface area contributed by atoms with Gasteiger partial charge in [0.15, 0.2) is 5.82 Å². The first-order valence-corrected chi connectivity index (χ1v) is 6.33. The zero-order chi connectivity index (χ0) is 13.3. The van der Waals surface area contributed by atoms with Crippen molar-refractivity contribution >= 4 is 5.69 Å². The van der Waals surface area contributed by atoms with Gasteiger partial charge in [-0.15, -0.1) is 0 Å². The number of nitrogens with two attached hydrogens (primary N) is 1. The van der Waals surface area contributed by atoms with Gasteiger partial charge in [0.2, 0.25) is 0 Å². The molecule has 5 heteroatoms. The predicted molar refractivity (Wildman–Crippen MR) is 71.8 cm³/mol. The van der Waals surface area contributed by atoms with Crippen molar-refractivity contribution in [3.05, 3.63) is 30.6 Å². The molecule has 2 N–H and O–H groups in total. The molecule has 0 unspecified atom stereocenters. The van der Waals surface area contributed by atoms with Crippen LogP contribution in [0.1, 0.15) is 19.3 Å². The van der Waals surface area contributed by atoms with Crippen molar-refractivity contribution in [3.63, 3.8) is 0 Å². The summed E-state index contributed by atoms with van der Waals surface area (Å²) in [4.78, 5) is 4.31. The number of hydrogen-bond acceptors (Lipinski definition) is 4. The molecule has 0 bridgehead atoms. The minimum Gasteiger partial charge on any atom is -0.399 e. The third kappa shape index (κ3) is 2.43. The third-order valence-electron chi connectivity index (χ3n) is 3.59. The van der Waals surface area contributed by atoms with Crippen molar-refractivity contribution in [2.75, 3.05) is 5.73 Å². The molecule has 1 saturated carbocycles. The van der Waals surface area contributed by atoms with E-state index in [1.165, 1.54) is 0 Å². The molecule has 1 aliphatic rings. The van der Waals surface area contributed by atoms with E-state index in [2.05, 4.69) is 16.2 Å². The lowest BCUT2D eigenvalue weighted by molar-refractivity contribution is 0.404. The highest BCUT2D eigenvalue weighted by Crippen LogP contribution is 2.49. The highest BCUT2D eigenvalue weighted by atomic mass is 15.3. The second-order valence-corrected chi connectivity index (χ2v) is 5.23. The number of hydrogen-bond donors (Lipinski definition) is 1. The monoisotopic (exact) mass is 253 g/mol. The number of anilines is 1. The summed E-state index contributed by atoms with van der Waals surface area (Å²) in [6.07, 6.45) is 4.54. The first-order valence-electron chi connectivity index (χ1n) is 6.33. The Labute approximate surface area is 111 Å². The van der Waals surface area contributed by atoms with Crippen LogP contribution in [0.25, 0.3) is 11.4 Å². The van der Waals surface area contributed by atoms with Crippen LogP contribution in [-0.2, 0) is 6.54 Å². The number of nitrogens with zero attached hydrogens (tertiary/aromatic N) is 4. The Hall–Kier alpha value is -2.35. The second-order valence-electron chi connectivity index (χ2n) is 5.23. The Morgan fingerprint density at radius 2 is 2.26 bits per heavy atom. The Balaban J connectivity index is 1.79. The van der Waals surface area contributed by atoms with Crippen molar-refractivity contribution in [1.29, 1.82) is 5.26 Å². The standard InChI is InChI=1S/C14H15N5/c15-7-6-14(4-5-14)9-19-10-17-13(18-19)11-2-1-3-12(16)8-11/h1-3,8,10H,4-6,9,16H2. The fourth-order valence-electron chi connectivity index (χ4n) is 2.26. The summed E-state index contributed by atoms with van der Waals surface area (Å²) in [7, 11) is 0. The molecule has 1 aromatic heterocycles. The van der Waals surface area contributed by atoms with E-state index in [1.807, 2.05) is 28.9 Å². The fraction of sp³-hybridized carbons (Fsp3) is 0.357. The normalized spacial score (nSPS) is 15.9. The maximum atomic E-state index is 8.82. The quantitative estimate of drug-likeness (QED) is 0.847. The zero-order valence-electron chi connectivity index (χ0n) is 10.6. The van der Waals surface area contributed by atoms with Crippen molar-refractivity contribution in [3.8, 4) is 17.5 Å². The average Bonchev–Trinajstić information content (AvgIpc) is 2.98. The maximum Gasteiger partial charge on any atom is 0.181 e. The van der Waals surface area contributed by atoms with Crippen LogP contribution < -0.4 is 5.73 Å². The number of nitrogen functional groups attached to an aromatic ring is 1. The van der Waals surface area contributed by atoms with E-state index in [1.54, 1.807) is 6.33 Å². The lowest BCUT2D eigenvalue weighted by Crippen LogP contribution is -2.11. The molecule has 1 aliphatic carbocycles. The Bertz CT molecular complexity index is 633. The van der Waals surface area contributed by atoms with Crippen LogP contribution in [0.4, 0.5) is 5.69 Å². The summed E-state index contributed by atoms with van der Waals surface area (Å²) in [5.74, 6) is 0.681. The summed E-state index contributed by atoms with van der Waals surface area (Å²) in [5.41, 5.74) is 7.52. The van der Waals surface area contributed by atoms with E-state index in [4.69, 9.17) is 11.0 Å². The van der Waals surface area contributed by atoms with E-state index in [0.717, 1.165) is 24.9 Å². The third-order valence-corrected chi connectivity index (χ3v) is 3.59. The van der Waals surface area contributed by atoms with E-state index >= 15 is 0 Å². The van der Waals surface area contributed by atoms with E-state index < -0.39 is 0 Å². The minimum absolute atomic E-state index is 0.134. The maximum absolute atomic E-state index is 8.82. The van der Waals surface area contributed by atoms with Gasteiger partial charge in [-0.2, -0.15) is 10.4 Å². The van der Waals surface area contributed by atoms with Gasteiger partial charge in [-0.05, 0) is 25.0 Å². The molecule has 19 heavy (non-hydrogen) atoms. The van der Waals surface area contributed by atoms with Crippen molar-refractivity contribution in [2.24, 2.45) is 5.41 Å². The summed E-state index contributed by atoms with van der Waals surface area (Å²) >= 11 is 0. The van der Waals surface area contributed by atoms with Crippen LogP contribution in [0.2, 0.25) is 0 Å². The largest absolute Gasteiger partial charge is 0.399 e. The molecule has 96 valence electrons. The van der Waals surface area contributed by atoms with Gasteiger partial charge in [0.05, 0.1) is 6.07 Å². The van der Waals surface area contributed by atoms with Gasteiger partial charge in [-0.1, -0.05) is 12.1 Å².